The Balaban J connectivity index is 2.56. The van der Waals surface area contributed by atoms with E-state index in [1.165, 1.54) is 7.05 Å². The third kappa shape index (κ3) is 4.45. The van der Waals surface area contributed by atoms with Gasteiger partial charge in [-0.05, 0) is 12.8 Å². The lowest BCUT2D eigenvalue weighted by atomic mass is 9.74. The molecule has 0 spiro atoms. The first-order valence-electron chi connectivity index (χ1n) is 6.59. The number of rotatable bonds is 6. The number of carbonyl (C=O) groups excluding carboxylic acids is 1. The van der Waals surface area contributed by atoms with E-state index in [-0.39, 0.29) is 13.1 Å². The SMILES string of the molecule is CN(CC(=O)NCC1(C(=O)O)CCCCC1)S(C)(=O)=O. The first kappa shape index (κ1) is 16.9. The van der Waals surface area contributed by atoms with Crippen molar-refractivity contribution in [2.45, 2.75) is 32.1 Å². The van der Waals surface area contributed by atoms with Crippen LogP contribution in [-0.2, 0) is 19.6 Å². The van der Waals surface area contributed by atoms with E-state index in [1.54, 1.807) is 0 Å². The molecule has 1 amide bonds. The van der Waals surface area contributed by atoms with E-state index in [2.05, 4.69) is 5.32 Å². The van der Waals surface area contributed by atoms with Gasteiger partial charge in [-0.2, -0.15) is 4.31 Å². The van der Waals surface area contributed by atoms with Crippen LogP contribution < -0.4 is 5.32 Å². The minimum atomic E-state index is -3.42. The predicted octanol–water partition coefficient (Wildman–Crippen LogP) is 0.0291. The number of carboxylic acids is 1. The maximum atomic E-state index is 11.7. The summed E-state index contributed by atoms with van der Waals surface area (Å²) in [7, 11) is -2.11. The molecule has 1 aliphatic carbocycles. The smallest absolute Gasteiger partial charge is 0.311 e. The van der Waals surface area contributed by atoms with Crippen molar-refractivity contribution in [1.82, 2.24) is 9.62 Å². The fourth-order valence-corrected chi connectivity index (χ4v) is 2.69. The van der Waals surface area contributed by atoms with Gasteiger partial charge >= 0.3 is 5.97 Å². The number of carbonyl (C=O) groups is 2. The zero-order valence-electron chi connectivity index (χ0n) is 11.9. The van der Waals surface area contributed by atoms with Gasteiger partial charge in [0, 0.05) is 13.6 Å². The van der Waals surface area contributed by atoms with Gasteiger partial charge in [0.15, 0.2) is 0 Å². The molecular formula is C12H22N2O5S. The maximum Gasteiger partial charge on any atom is 0.311 e. The summed E-state index contributed by atoms with van der Waals surface area (Å²) in [4.78, 5) is 23.1. The molecule has 116 valence electrons. The fraction of sp³-hybridized carbons (Fsp3) is 0.833. The number of carboxylic acid groups (broad SMARTS) is 1. The average molecular weight is 306 g/mol. The number of hydrogen-bond donors (Lipinski definition) is 2. The van der Waals surface area contributed by atoms with Crippen LogP contribution in [0, 0.1) is 5.41 Å². The molecular weight excluding hydrogens is 284 g/mol. The number of nitrogens with one attached hydrogen (secondary N) is 1. The van der Waals surface area contributed by atoms with E-state index < -0.39 is 27.3 Å². The summed E-state index contributed by atoms with van der Waals surface area (Å²) in [5, 5.41) is 11.9. The molecule has 0 aromatic carbocycles. The molecule has 20 heavy (non-hydrogen) atoms. The van der Waals surface area contributed by atoms with Gasteiger partial charge in [0.25, 0.3) is 0 Å². The molecule has 0 bridgehead atoms. The molecule has 0 aromatic rings. The van der Waals surface area contributed by atoms with Gasteiger partial charge in [0.1, 0.15) is 0 Å². The second kappa shape index (κ2) is 6.53. The van der Waals surface area contributed by atoms with Crippen molar-refractivity contribution in [1.29, 1.82) is 0 Å². The maximum absolute atomic E-state index is 11.7. The van der Waals surface area contributed by atoms with Gasteiger partial charge in [0.2, 0.25) is 15.9 Å². The van der Waals surface area contributed by atoms with Crippen molar-refractivity contribution in [3.8, 4) is 0 Å². The molecule has 7 nitrogen and oxygen atoms in total. The molecule has 1 aliphatic rings. The third-order valence-corrected chi connectivity index (χ3v) is 5.08. The van der Waals surface area contributed by atoms with E-state index >= 15 is 0 Å². The summed E-state index contributed by atoms with van der Waals surface area (Å²) >= 11 is 0. The third-order valence-electron chi connectivity index (χ3n) is 3.82. The first-order chi connectivity index (χ1) is 9.17. The predicted molar refractivity (Wildman–Crippen MR) is 73.6 cm³/mol. The average Bonchev–Trinajstić information content (AvgIpc) is 2.36. The van der Waals surface area contributed by atoms with Crippen molar-refractivity contribution < 1.29 is 23.1 Å². The lowest BCUT2D eigenvalue weighted by molar-refractivity contribution is -0.151. The second-order valence-electron chi connectivity index (χ2n) is 5.44. The van der Waals surface area contributed by atoms with Crippen molar-refractivity contribution in [3.05, 3.63) is 0 Å². The van der Waals surface area contributed by atoms with E-state index in [4.69, 9.17) is 0 Å². The highest BCUT2D eigenvalue weighted by Gasteiger charge is 2.39. The minimum absolute atomic E-state index is 0.0543. The monoisotopic (exact) mass is 306 g/mol. The van der Waals surface area contributed by atoms with E-state index in [0.717, 1.165) is 29.8 Å². The lowest BCUT2D eigenvalue weighted by Gasteiger charge is -2.33. The van der Waals surface area contributed by atoms with Crippen LogP contribution in [0.3, 0.4) is 0 Å². The quantitative estimate of drug-likeness (QED) is 0.720. The van der Waals surface area contributed by atoms with Gasteiger partial charge in [0.05, 0.1) is 18.2 Å². The summed E-state index contributed by atoms with van der Waals surface area (Å²) in [6, 6.07) is 0. The second-order valence-corrected chi connectivity index (χ2v) is 7.53. The number of aliphatic carboxylic acids is 1. The summed E-state index contributed by atoms with van der Waals surface area (Å²) in [6.07, 6.45) is 4.80. The normalized spacial score (nSPS) is 18.8. The standard InChI is InChI=1S/C12H22N2O5S/c1-14(20(2,18)19)8-10(15)13-9-12(11(16)17)6-4-3-5-7-12/h3-9H2,1-2H3,(H,13,15)(H,16,17). The lowest BCUT2D eigenvalue weighted by Crippen LogP contribution is -2.47. The Morgan fingerprint density at radius 3 is 2.25 bits per heavy atom. The zero-order chi connectivity index (χ0) is 15.4. The molecule has 0 unspecified atom stereocenters. The number of hydrogen-bond acceptors (Lipinski definition) is 4. The Labute approximate surface area is 119 Å². The topological polar surface area (TPSA) is 104 Å². The molecule has 1 rings (SSSR count). The highest BCUT2D eigenvalue weighted by atomic mass is 32.2. The Bertz CT molecular complexity index is 468. The van der Waals surface area contributed by atoms with Crippen LogP contribution >= 0.6 is 0 Å². The highest BCUT2D eigenvalue weighted by molar-refractivity contribution is 7.88. The number of sulfonamides is 1. The van der Waals surface area contributed by atoms with Gasteiger partial charge in [-0.25, -0.2) is 8.42 Å². The van der Waals surface area contributed by atoms with Crippen LogP contribution in [0.2, 0.25) is 0 Å². The van der Waals surface area contributed by atoms with Crippen molar-refractivity contribution in [2.75, 3.05) is 26.4 Å². The highest BCUT2D eigenvalue weighted by Crippen LogP contribution is 2.35. The van der Waals surface area contributed by atoms with Crippen LogP contribution in [-0.4, -0.2) is 56.1 Å². The Kier molecular flexibility index (Phi) is 5.52. The van der Waals surface area contributed by atoms with Crippen LogP contribution in [0.4, 0.5) is 0 Å². The Morgan fingerprint density at radius 2 is 1.80 bits per heavy atom. The number of amides is 1. The van der Waals surface area contributed by atoms with Crippen molar-refractivity contribution >= 4 is 21.9 Å². The minimum Gasteiger partial charge on any atom is -0.481 e. The van der Waals surface area contributed by atoms with Crippen LogP contribution in [0.1, 0.15) is 32.1 Å². The molecule has 2 N–H and O–H groups in total. The molecule has 1 saturated carbocycles. The fourth-order valence-electron chi connectivity index (χ4n) is 2.34. The summed E-state index contributed by atoms with van der Waals surface area (Å²) < 4.78 is 23.3. The molecule has 8 heteroatoms. The van der Waals surface area contributed by atoms with Crippen molar-refractivity contribution in [2.24, 2.45) is 5.41 Å². The Morgan fingerprint density at radius 1 is 1.25 bits per heavy atom. The molecule has 1 fully saturated rings. The molecule has 0 aromatic heterocycles. The van der Waals surface area contributed by atoms with Crippen LogP contribution in [0.15, 0.2) is 0 Å². The molecule has 0 atom stereocenters. The van der Waals surface area contributed by atoms with Gasteiger partial charge in [-0.15, -0.1) is 0 Å². The molecule has 0 saturated heterocycles. The Hall–Kier alpha value is -1.15. The largest absolute Gasteiger partial charge is 0.481 e. The van der Waals surface area contributed by atoms with Gasteiger partial charge in [-0.1, -0.05) is 19.3 Å². The zero-order valence-corrected chi connectivity index (χ0v) is 12.7. The van der Waals surface area contributed by atoms with Crippen LogP contribution in [0.25, 0.3) is 0 Å². The number of likely N-dealkylation sites (N-methyl/N-ethyl adjacent to an activating group) is 1. The van der Waals surface area contributed by atoms with Crippen molar-refractivity contribution in [3.63, 3.8) is 0 Å². The molecule has 0 aliphatic heterocycles. The van der Waals surface area contributed by atoms with E-state index in [1.807, 2.05) is 0 Å². The van der Waals surface area contributed by atoms with E-state index in [9.17, 15) is 23.1 Å². The number of nitrogens with zero attached hydrogens (tertiary/aromatic N) is 1. The van der Waals surface area contributed by atoms with Gasteiger partial charge in [-0.3, -0.25) is 9.59 Å². The van der Waals surface area contributed by atoms with E-state index in [0.29, 0.717) is 12.8 Å². The summed E-state index contributed by atoms with van der Waals surface area (Å²) in [6.45, 7) is -0.243. The first-order valence-corrected chi connectivity index (χ1v) is 8.44. The molecule has 0 heterocycles. The van der Waals surface area contributed by atoms with Crippen LogP contribution in [0.5, 0.6) is 0 Å². The summed E-state index contributed by atoms with van der Waals surface area (Å²) in [5.41, 5.74) is -0.905. The molecule has 0 radical (unpaired) electrons. The van der Waals surface area contributed by atoms with Gasteiger partial charge < -0.3 is 10.4 Å². The summed E-state index contributed by atoms with van der Waals surface area (Å²) in [5.74, 6) is -1.38.